The number of hydrogen-bond donors (Lipinski definition) is 1. The molecule has 0 bridgehead atoms. The number of benzene rings is 2. The van der Waals surface area contributed by atoms with Gasteiger partial charge in [-0.1, -0.05) is 46.3 Å². The van der Waals surface area contributed by atoms with Gasteiger partial charge in [0.2, 0.25) is 5.91 Å². The van der Waals surface area contributed by atoms with Crippen molar-refractivity contribution >= 4 is 45.4 Å². The highest BCUT2D eigenvalue weighted by atomic mass is 79.9. The van der Waals surface area contributed by atoms with Crippen molar-refractivity contribution in [2.75, 3.05) is 18.0 Å². The number of aromatic nitrogens is 2. The van der Waals surface area contributed by atoms with Crippen molar-refractivity contribution in [1.82, 2.24) is 15.2 Å². The van der Waals surface area contributed by atoms with Crippen LogP contribution in [-0.2, 0) is 16.1 Å². The standard InChI is InChI=1S/C24H23BrN6O2/c1-3-30-14-18(16(2)29-30)12-27-28-22(32)15-31-21-10-9-19(25)11-20(21)24(26-13-23(31)33)17-7-5-4-6-8-17/h4-12,14H,3,13,15H2,1-2H3,(H,28,32). The molecule has 3 aromatic rings. The second-order valence-corrected chi connectivity index (χ2v) is 8.41. The number of rotatable bonds is 6. The number of carbonyl (C=O) groups excluding carboxylic acids is 2. The Labute approximate surface area is 200 Å². The minimum atomic E-state index is -0.405. The molecule has 0 saturated carbocycles. The van der Waals surface area contributed by atoms with Gasteiger partial charge in [0.25, 0.3) is 5.91 Å². The van der Waals surface area contributed by atoms with Crippen LogP contribution in [0, 0.1) is 6.92 Å². The smallest absolute Gasteiger partial charge is 0.260 e. The number of halogens is 1. The van der Waals surface area contributed by atoms with Gasteiger partial charge in [-0.3, -0.25) is 19.3 Å². The third-order valence-corrected chi connectivity index (χ3v) is 5.72. The largest absolute Gasteiger partial charge is 0.301 e. The van der Waals surface area contributed by atoms with Crippen LogP contribution in [0.3, 0.4) is 0 Å². The fourth-order valence-corrected chi connectivity index (χ4v) is 3.94. The Morgan fingerprint density at radius 3 is 2.76 bits per heavy atom. The third-order valence-electron chi connectivity index (χ3n) is 5.23. The summed E-state index contributed by atoms with van der Waals surface area (Å²) in [6.07, 6.45) is 3.41. The van der Waals surface area contributed by atoms with Gasteiger partial charge >= 0.3 is 0 Å². The van der Waals surface area contributed by atoms with Crippen LogP contribution in [0.5, 0.6) is 0 Å². The monoisotopic (exact) mass is 506 g/mol. The Hall–Kier alpha value is -3.59. The van der Waals surface area contributed by atoms with Gasteiger partial charge in [0.05, 0.1) is 23.3 Å². The Bertz CT molecular complexity index is 1250. The lowest BCUT2D eigenvalue weighted by molar-refractivity contribution is -0.123. The topological polar surface area (TPSA) is 92.0 Å². The minimum Gasteiger partial charge on any atom is -0.301 e. The van der Waals surface area contributed by atoms with Gasteiger partial charge in [-0.2, -0.15) is 10.2 Å². The van der Waals surface area contributed by atoms with Crippen LogP contribution in [0.1, 0.15) is 29.3 Å². The highest BCUT2D eigenvalue weighted by Gasteiger charge is 2.27. The fourth-order valence-electron chi connectivity index (χ4n) is 3.58. The van der Waals surface area contributed by atoms with E-state index < -0.39 is 5.91 Å². The van der Waals surface area contributed by atoms with Gasteiger partial charge in [0, 0.05) is 33.9 Å². The second kappa shape index (κ2) is 9.91. The van der Waals surface area contributed by atoms with Gasteiger partial charge in [0.1, 0.15) is 13.1 Å². The Morgan fingerprint density at radius 2 is 2.03 bits per heavy atom. The van der Waals surface area contributed by atoms with Crippen LogP contribution < -0.4 is 10.3 Å². The van der Waals surface area contributed by atoms with E-state index in [1.165, 1.54) is 4.90 Å². The number of fused-ring (bicyclic) bond motifs is 1. The lowest BCUT2D eigenvalue weighted by atomic mass is 10.0. The summed E-state index contributed by atoms with van der Waals surface area (Å²) in [6.45, 7) is 4.40. The maximum Gasteiger partial charge on any atom is 0.260 e. The average molecular weight is 507 g/mol. The SMILES string of the molecule is CCn1cc(C=NNC(=O)CN2C(=O)CN=C(c3ccccc3)c3cc(Br)ccc32)c(C)n1. The predicted molar refractivity (Wildman–Crippen MR) is 132 cm³/mol. The van der Waals surface area contributed by atoms with Crippen LogP contribution in [0.4, 0.5) is 5.69 Å². The van der Waals surface area contributed by atoms with E-state index in [0.717, 1.165) is 33.4 Å². The summed E-state index contributed by atoms with van der Waals surface area (Å²) in [5, 5.41) is 8.39. The molecule has 168 valence electrons. The summed E-state index contributed by atoms with van der Waals surface area (Å²) < 4.78 is 2.66. The summed E-state index contributed by atoms with van der Waals surface area (Å²) in [5.74, 6) is -0.666. The average Bonchev–Trinajstić information content (AvgIpc) is 3.12. The second-order valence-electron chi connectivity index (χ2n) is 7.49. The molecule has 0 spiro atoms. The number of carbonyl (C=O) groups is 2. The number of nitrogens with zero attached hydrogens (tertiary/aromatic N) is 5. The van der Waals surface area contributed by atoms with Gasteiger partial charge in [-0.05, 0) is 32.0 Å². The molecule has 0 atom stereocenters. The summed E-state index contributed by atoms with van der Waals surface area (Å²) in [6, 6.07) is 15.3. The zero-order chi connectivity index (χ0) is 23.4. The van der Waals surface area contributed by atoms with Crippen molar-refractivity contribution < 1.29 is 9.59 Å². The molecule has 1 N–H and O–H groups in total. The first-order valence-corrected chi connectivity index (χ1v) is 11.3. The first-order chi connectivity index (χ1) is 16.0. The molecule has 8 nitrogen and oxygen atoms in total. The molecule has 33 heavy (non-hydrogen) atoms. The van der Waals surface area contributed by atoms with E-state index in [-0.39, 0.29) is 19.0 Å². The summed E-state index contributed by atoms with van der Waals surface area (Å²) in [5.41, 5.74) is 7.18. The van der Waals surface area contributed by atoms with E-state index in [9.17, 15) is 9.59 Å². The first-order valence-electron chi connectivity index (χ1n) is 10.5. The van der Waals surface area contributed by atoms with Crippen molar-refractivity contribution in [2.24, 2.45) is 10.1 Å². The van der Waals surface area contributed by atoms with Gasteiger partial charge in [-0.15, -0.1) is 0 Å². The molecule has 2 heterocycles. The van der Waals surface area contributed by atoms with E-state index >= 15 is 0 Å². The van der Waals surface area contributed by atoms with E-state index in [4.69, 9.17) is 0 Å². The van der Waals surface area contributed by atoms with Crippen molar-refractivity contribution in [1.29, 1.82) is 0 Å². The van der Waals surface area contributed by atoms with E-state index in [1.807, 2.05) is 68.6 Å². The lowest BCUT2D eigenvalue weighted by Gasteiger charge is -2.22. The predicted octanol–water partition coefficient (Wildman–Crippen LogP) is 3.31. The lowest BCUT2D eigenvalue weighted by Crippen LogP contribution is -2.40. The minimum absolute atomic E-state index is 0.0531. The Morgan fingerprint density at radius 1 is 1.24 bits per heavy atom. The number of nitrogens with one attached hydrogen (secondary N) is 1. The molecular weight excluding hydrogens is 484 g/mol. The normalized spacial score (nSPS) is 13.6. The van der Waals surface area contributed by atoms with Crippen LogP contribution in [0.25, 0.3) is 0 Å². The molecule has 2 amide bonds. The number of benzodiazepines with no additional fused rings is 1. The Kier molecular flexibility index (Phi) is 6.79. The van der Waals surface area contributed by atoms with E-state index in [1.54, 1.807) is 10.9 Å². The molecule has 1 aliphatic rings. The first kappa shape index (κ1) is 22.6. The summed E-state index contributed by atoms with van der Waals surface area (Å²) in [7, 11) is 0. The van der Waals surface area contributed by atoms with Crippen molar-refractivity contribution in [3.8, 4) is 0 Å². The van der Waals surface area contributed by atoms with Crippen LogP contribution in [-0.4, -0.2) is 46.6 Å². The van der Waals surface area contributed by atoms with E-state index in [0.29, 0.717) is 11.4 Å². The Balaban J connectivity index is 1.56. The van der Waals surface area contributed by atoms with Crippen molar-refractivity contribution in [3.63, 3.8) is 0 Å². The molecule has 4 rings (SSSR count). The van der Waals surface area contributed by atoms with Gasteiger partial charge in [0.15, 0.2) is 0 Å². The van der Waals surface area contributed by atoms with E-state index in [2.05, 4.69) is 36.5 Å². The molecule has 0 fully saturated rings. The third kappa shape index (κ3) is 5.09. The molecule has 9 heteroatoms. The summed E-state index contributed by atoms with van der Waals surface area (Å²) >= 11 is 3.51. The molecule has 2 aromatic carbocycles. The fraction of sp³-hybridized carbons (Fsp3) is 0.208. The van der Waals surface area contributed by atoms with Crippen LogP contribution in [0.15, 0.2) is 69.3 Å². The number of hydrogen-bond acceptors (Lipinski definition) is 5. The zero-order valence-electron chi connectivity index (χ0n) is 18.3. The highest BCUT2D eigenvalue weighted by Crippen LogP contribution is 2.29. The molecule has 1 aromatic heterocycles. The van der Waals surface area contributed by atoms with Crippen LogP contribution in [0.2, 0.25) is 0 Å². The number of anilines is 1. The summed E-state index contributed by atoms with van der Waals surface area (Å²) in [4.78, 5) is 31.6. The van der Waals surface area contributed by atoms with Crippen molar-refractivity contribution in [3.05, 3.63) is 81.6 Å². The molecule has 0 aliphatic carbocycles. The molecule has 1 aliphatic heterocycles. The maximum atomic E-state index is 12.9. The molecular formula is C24H23BrN6O2. The molecule has 0 radical (unpaired) electrons. The number of hydrazone groups is 1. The number of amides is 2. The number of aliphatic imine (C=N–C) groups is 1. The van der Waals surface area contributed by atoms with Gasteiger partial charge in [-0.25, -0.2) is 5.43 Å². The van der Waals surface area contributed by atoms with Crippen molar-refractivity contribution in [2.45, 2.75) is 20.4 Å². The number of aryl methyl sites for hydroxylation is 2. The molecule has 0 saturated heterocycles. The maximum absolute atomic E-state index is 12.9. The quantitative estimate of drug-likeness (QED) is 0.410. The zero-order valence-corrected chi connectivity index (χ0v) is 19.9. The molecule has 0 unspecified atom stereocenters. The van der Waals surface area contributed by atoms with Gasteiger partial charge < -0.3 is 4.90 Å². The highest BCUT2D eigenvalue weighted by molar-refractivity contribution is 9.10. The van der Waals surface area contributed by atoms with Crippen LogP contribution >= 0.6 is 15.9 Å².